The van der Waals surface area contributed by atoms with Gasteiger partial charge in [-0.05, 0) is 31.5 Å². The van der Waals surface area contributed by atoms with E-state index in [1.807, 2.05) is 20.9 Å². The third-order valence-electron chi connectivity index (χ3n) is 4.16. The number of benzene rings is 1. The highest BCUT2D eigenvalue weighted by Gasteiger charge is 2.30. The number of nitrogens with zero attached hydrogens (tertiary/aromatic N) is 4. The topological polar surface area (TPSA) is 55.6 Å². The fourth-order valence-electron chi connectivity index (χ4n) is 2.79. The zero-order valence-electron chi connectivity index (χ0n) is 14.6. The van der Waals surface area contributed by atoms with E-state index in [1.54, 1.807) is 16.8 Å². The van der Waals surface area contributed by atoms with Gasteiger partial charge in [0, 0.05) is 30.9 Å². The number of halogens is 3. The van der Waals surface area contributed by atoms with Crippen LogP contribution in [0, 0.1) is 13.8 Å². The van der Waals surface area contributed by atoms with Crippen molar-refractivity contribution >= 4 is 5.82 Å². The van der Waals surface area contributed by atoms with E-state index in [-0.39, 0.29) is 6.54 Å². The Kier molecular flexibility index (Phi) is 4.67. The molecule has 3 rings (SSSR count). The molecular formula is C18H18F3N5. The third kappa shape index (κ3) is 3.68. The summed E-state index contributed by atoms with van der Waals surface area (Å²) in [7, 11) is 1.86. The van der Waals surface area contributed by atoms with Gasteiger partial charge in [-0.2, -0.15) is 18.3 Å². The Bertz CT molecular complexity index is 931. The Morgan fingerprint density at radius 2 is 1.88 bits per heavy atom. The average Bonchev–Trinajstić information content (AvgIpc) is 2.85. The number of anilines is 1. The molecule has 1 aromatic carbocycles. The first kappa shape index (κ1) is 17.9. The lowest BCUT2D eigenvalue weighted by Gasteiger charge is -2.10. The summed E-state index contributed by atoms with van der Waals surface area (Å²) in [6.07, 6.45) is -2.93. The molecule has 5 nitrogen and oxygen atoms in total. The molecule has 0 radical (unpaired) electrons. The molecule has 2 aromatic heterocycles. The summed E-state index contributed by atoms with van der Waals surface area (Å²) in [5, 5.41) is 7.42. The first-order valence-electron chi connectivity index (χ1n) is 7.98. The lowest BCUT2D eigenvalue weighted by Crippen LogP contribution is -2.07. The van der Waals surface area contributed by atoms with Crippen molar-refractivity contribution in [3.63, 3.8) is 0 Å². The number of hydrogen-bond donors (Lipinski definition) is 1. The highest BCUT2D eigenvalue weighted by atomic mass is 19.4. The fraction of sp³-hybridized carbons (Fsp3) is 0.278. The average molecular weight is 361 g/mol. The van der Waals surface area contributed by atoms with Gasteiger partial charge in [-0.1, -0.05) is 12.1 Å². The Labute approximate surface area is 148 Å². The summed E-state index contributed by atoms with van der Waals surface area (Å²) >= 11 is 0. The largest absolute Gasteiger partial charge is 0.416 e. The van der Waals surface area contributed by atoms with Crippen LogP contribution >= 0.6 is 0 Å². The molecule has 136 valence electrons. The van der Waals surface area contributed by atoms with Gasteiger partial charge in [-0.25, -0.2) is 9.97 Å². The molecule has 0 atom stereocenters. The summed E-state index contributed by atoms with van der Waals surface area (Å²) in [5.41, 5.74) is 3.33. The standard InChI is InChI=1S/C18H18F3N5/c1-11-17(12(2)26(3)25-11)15-8-16(24-10-23-15)22-9-13-5-4-6-14(7-13)18(19,20)21/h4-8,10H,9H2,1-3H3,(H,22,23,24). The van der Waals surface area contributed by atoms with Crippen molar-refractivity contribution in [3.8, 4) is 11.3 Å². The van der Waals surface area contributed by atoms with E-state index >= 15 is 0 Å². The molecule has 0 amide bonds. The van der Waals surface area contributed by atoms with Gasteiger partial charge in [-0.15, -0.1) is 0 Å². The number of alkyl halides is 3. The van der Waals surface area contributed by atoms with E-state index in [0.29, 0.717) is 11.4 Å². The molecule has 3 aromatic rings. The second-order valence-electron chi connectivity index (χ2n) is 6.01. The van der Waals surface area contributed by atoms with Crippen LogP contribution < -0.4 is 5.32 Å². The first-order chi connectivity index (χ1) is 12.3. The zero-order valence-corrected chi connectivity index (χ0v) is 14.6. The molecule has 0 aliphatic rings. The SMILES string of the molecule is Cc1nn(C)c(C)c1-c1cc(NCc2cccc(C(F)(F)F)c2)ncn1. The summed E-state index contributed by atoms with van der Waals surface area (Å²) in [6, 6.07) is 6.99. The van der Waals surface area contributed by atoms with Crippen molar-refractivity contribution in [1.82, 2.24) is 19.7 Å². The fourth-order valence-corrected chi connectivity index (χ4v) is 2.79. The van der Waals surface area contributed by atoms with E-state index in [4.69, 9.17) is 0 Å². The predicted molar refractivity (Wildman–Crippen MR) is 92.5 cm³/mol. The van der Waals surface area contributed by atoms with E-state index in [9.17, 15) is 13.2 Å². The Morgan fingerprint density at radius 3 is 2.54 bits per heavy atom. The maximum atomic E-state index is 12.8. The summed E-state index contributed by atoms with van der Waals surface area (Å²) in [4.78, 5) is 8.44. The Hall–Kier alpha value is -2.90. The highest BCUT2D eigenvalue weighted by molar-refractivity contribution is 5.67. The van der Waals surface area contributed by atoms with Gasteiger partial charge < -0.3 is 5.32 Å². The van der Waals surface area contributed by atoms with E-state index in [1.165, 1.54) is 12.4 Å². The van der Waals surface area contributed by atoms with Crippen LogP contribution in [0.1, 0.15) is 22.5 Å². The van der Waals surface area contributed by atoms with Gasteiger partial charge in [0.05, 0.1) is 17.0 Å². The highest BCUT2D eigenvalue weighted by Crippen LogP contribution is 2.30. The van der Waals surface area contributed by atoms with Crippen LogP contribution in [0.5, 0.6) is 0 Å². The molecule has 0 unspecified atom stereocenters. The number of nitrogens with one attached hydrogen (secondary N) is 1. The molecule has 26 heavy (non-hydrogen) atoms. The van der Waals surface area contributed by atoms with Crippen LogP contribution in [0.3, 0.4) is 0 Å². The van der Waals surface area contributed by atoms with Crippen LogP contribution in [-0.2, 0) is 19.8 Å². The molecule has 0 fully saturated rings. The summed E-state index contributed by atoms with van der Waals surface area (Å²) in [6.45, 7) is 4.08. The minimum absolute atomic E-state index is 0.228. The molecule has 0 bridgehead atoms. The second kappa shape index (κ2) is 6.78. The lowest BCUT2D eigenvalue weighted by atomic mass is 10.1. The third-order valence-corrected chi connectivity index (χ3v) is 4.16. The van der Waals surface area contributed by atoms with Crippen LogP contribution in [0.2, 0.25) is 0 Å². The van der Waals surface area contributed by atoms with Gasteiger partial charge in [-0.3, -0.25) is 4.68 Å². The van der Waals surface area contributed by atoms with Crippen molar-refractivity contribution < 1.29 is 13.2 Å². The Balaban J connectivity index is 1.80. The van der Waals surface area contributed by atoms with E-state index in [0.717, 1.165) is 34.8 Å². The monoisotopic (exact) mass is 361 g/mol. The van der Waals surface area contributed by atoms with Gasteiger partial charge in [0.2, 0.25) is 0 Å². The molecule has 0 aliphatic carbocycles. The molecule has 2 heterocycles. The van der Waals surface area contributed by atoms with Crippen LogP contribution in [0.25, 0.3) is 11.3 Å². The van der Waals surface area contributed by atoms with E-state index in [2.05, 4.69) is 20.4 Å². The molecule has 0 saturated heterocycles. The predicted octanol–water partition coefficient (Wildman–Crippen LogP) is 4.12. The lowest BCUT2D eigenvalue weighted by molar-refractivity contribution is -0.137. The summed E-state index contributed by atoms with van der Waals surface area (Å²) < 4.78 is 40.2. The van der Waals surface area contributed by atoms with Gasteiger partial charge >= 0.3 is 6.18 Å². The van der Waals surface area contributed by atoms with Crippen molar-refractivity contribution in [2.24, 2.45) is 7.05 Å². The maximum Gasteiger partial charge on any atom is 0.416 e. The van der Waals surface area contributed by atoms with Crippen molar-refractivity contribution in [2.75, 3.05) is 5.32 Å². The molecular weight excluding hydrogens is 343 g/mol. The maximum absolute atomic E-state index is 12.8. The Morgan fingerprint density at radius 1 is 1.12 bits per heavy atom. The minimum atomic E-state index is -4.35. The molecule has 1 N–H and O–H groups in total. The van der Waals surface area contributed by atoms with Gasteiger partial charge in [0.15, 0.2) is 0 Å². The van der Waals surface area contributed by atoms with Crippen LogP contribution in [0.15, 0.2) is 36.7 Å². The normalized spacial score (nSPS) is 11.6. The van der Waals surface area contributed by atoms with Crippen molar-refractivity contribution in [1.29, 1.82) is 0 Å². The second-order valence-corrected chi connectivity index (χ2v) is 6.01. The zero-order chi connectivity index (χ0) is 18.9. The van der Waals surface area contributed by atoms with Crippen molar-refractivity contribution in [3.05, 3.63) is 59.2 Å². The molecule has 0 aliphatic heterocycles. The molecule has 0 saturated carbocycles. The van der Waals surface area contributed by atoms with Gasteiger partial charge in [0.1, 0.15) is 12.1 Å². The molecule has 8 heteroatoms. The molecule has 0 spiro atoms. The van der Waals surface area contributed by atoms with Crippen LogP contribution in [0.4, 0.5) is 19.0 Å². The van der Waals surface area contributed by atoms with E-state index < -0.39 is 11.7 Å². The van der Waals surface area contributed by atoms with Crippen LogP contribution in [-0.4, -0.2) is 19.7 Å². The quantitative estimate of drug-likeness (QED) is 0.759. The number of rotatable bonds is 4. The first-order valence-corrected chi connectivity index (χ1v) is 7.98. The number of aromatic nitrogens is 4. The van der Waals surface area contributed by atoms with Crippen molar-refractivity contribution in [2.45, 2.75) is 26.6 Å². The number of hydrogen-bond acceptors (Lipinski definition) is 4. The van der Waals surface area contributed by atoms with Gasteiger partial charge in [0.25, 0.3) is 0 Å². The number of aryl methyl sites for hydroxylation is 2. The smallest absolute Gasteiger partial charge is 0.366 e. The minimum Gasteiger partial charge on any atom is -0.366 e. The summed E-state index contributed by atoms with van der Waals surface area (Å²) in [5.74, 6) is 0.537.